The fourth-order valence-electron chi connectivity index (χ4n) is 5.37. The van der Waals surface area contributed by atoms with Crippen LogP contribution in [-0.4, -0.2) is 45.9 Å². The topological polar surface area (TPSA) is 38.7 Å². The van der Waals surface area contributed by atoms with Crippen molar-refractivity contribution in [3.05, 3.63) is 72.4 Å². The number of ether oxygens (including phenoxy) is 1. The van der Waals surface area contributed by atoms with E-state index in [4.69, 9.17) is 9.16 Å². The summed E-state index contributed by atoms with van der Waals surface area (Å²) in [5.74, 6) is 0. The normalized spacial score (nSPS) is 22.3. The molecule has 0 spiro atoms. The van der Waals surface area contributed by atoms with Gasteiger partial charge in [-0.05, 0) is 21.8 Å². The lowest BCUT2D eigenvalue weighted by Gasteiger charge is -2.45. The molecule has 0 amide bonds. The summed E-state index contributed by atoms with van der Waals surface area (Å²) in [6.07, 6.45) is 6.28. The molecular formula is C31H48O3Si2. The molecule has 3 nitrogen and oxygen atoms in total. The summed E-state index contributed by atoms with van der Waals surface area (Å²) >= 11 is 0. The molecule has 5 heteroatoms. The van der Waals surface area contributed by atoms with Crippen LogP contribution in [0.2, 0.25) is 24.7 Å². The van der Waals surface area contributed by atoms with Crippen molar-refractivity contribution in [2.75, 3.05) is 0 Å². The molecule has 2 aromatic carbocycles. The molecule has 4 atom stereocenters. The van der Waals surface area contributed by atoms with Gasteiger partial charge in [0.05, 0.1) is 32.5 Å². The number of benzene rings is 2. The maximum atomic E-state index is 11.1. The molecule has 1 saturated heterocycles. The van der Waals surface area contributed by atoms with Gasteiger partial charge in [-0.3, -0.25) is 0 Å². The zero-order valence-electron chi connectivity index (χ0n) is 23.5. The number of unbranched alkanes of at least 4 members (excludes halogenated alkanes) is 2. The molecule has 0 aliphatic carbocycles. The van der Waals surface area contributed by atoms with E-state index in [2.05, 4.69) is 114 Å². The Morgan fingerprint density at radius 3 is 2.00 bits per heavy atom. The van der Waals surface area contributed by atoms with E-state index < -0.39 is 22.5 Å². The highest BCUT2D eigenvalue weighted by Crippen LogP contribution is 2.41. The summed E-state index contributed by atoms with van der Waals surface area (Å²) in [6, 6.07) is 21.7. The van der Waals surface area contributed by atoms with Crippen LogP contribution in [0.1, 0.15) is 59.8 Å². The lowest BCUT2D eigenvalue weighted by atomic mass is 10.0. The molecule has 1 aliphatic rings. The molecule has 198 valence electrons. The molecule has 0 saturated carbocycles. The Bertz CT molecular complexity index is 908. The van der Waals surface area contributed by atoms with Crippen LogP contribution in [0.3, 0.4) is 0 Å². The van der Waals surface area contributed by atoms with Crippen molar-refractivity contribution in [1.29, 1.82) is 0 Å². The first-order valence-corrected chi connectivity index (χ1v) is 19.3. The summed E-state index contributed by atoms with van der Waals surface area (Å²) < 4.78 is 14.1. The maximum absolute atomic E-state index is 11.1. The van der Waals surface area contributed by atoms with Gasteiger partial charge in [0.15, 0.2) is 0 Å². The highest BCUT2D eigenvalue weighted by molar-refractivity contribution is 6.99. The van der Waals surface area contributed by atoms with Gasteiger partial charge in [0.2, 0.25) is 0 Å². The number of hydrogen-bond acceptors (Lipinski definition) is 3. The van der Waals surface area contributed by atoms with Crippen molar-refractivity contribution in [2.24, 2.45) is 0 Å². The number of rotatable bonds is 11. The minimum atomic E-state index is -2.69. The first kappa shape index (κ1) is 29.1. The van der Waals surface area contributed by atoms with Gasteiger partial charge in [-0.15, -0.1) is 0 Å². The monoisotopic (exact) mass is 524 g/mol. The standard InChI is InChI=1S/C31H48O3Si2/c1-8-9-12-21-28-30(24-29(33-28)27(32)22-23-35(5,6)7)34-36(31(2,3)4,25-17-13-10-14-18-25)26-19-15-11-16-20-26/h10-11,13-20,22-23,27-30,32H,8-9,12,21,24H2,1-7H3/b23-22+/t27-,28-,29-,30-/m0/s1. The average molecular weight is 525 g/mol. The Kier molecular flexibility index (Phi) is 9.97. The van der Waals surface area contributed by atoms with Crippen molar-refractivity contribution in [3.63, 3.8) is 0 Å². The lowest BCUT2D eigenvalue weighted by Crippen LogP contribution is -2.68. The van der Waals surface area contributed by atoms with Gasteiger partial charge in [-0.1, -0.05) is 139 Å². The number of aliphatic hydroxyl groups excluding tert-OH is 1. The molecule has 3 rings (SSSR count). The molecule has 2 aromatic rings. The molecule has 1 aliphatic heterocycles. The third kappa shape index (κ3) is 7.07. The third-order valence-corrected chi connectivity index (χ3v) is 13.5. The fourth-order valence-corrected chi connectivity index (χ4v) is 10.9. The fraction of sp³-hybridized carbons (Fsp3) is 0.548. The second-order valence-corrected chi connectivity index (χ2v) is 21.8. The van der Waals surface area contributed by atoms with E-state index in [1.165, 1.54) is 23.2 Å². The van der Waals surface area contributed by atoms with Crippen LogP contribution in [0.5, 0.6) is 0 Å². The number of aliphatic hydroxyl groups is 1. The van der Waals surface area contributed by atoms with Gasteiger partial charge < -0.3 is 14.3 Å². The van der Waals surface area contributed by atoms with Crippen molar-refractivity contribution >= 4 is 26.8 Å². The van der Waals surface area contributed by atoms with Gasteiger partial charge in [0, 0.05) is 6.42 Å². The highest BCUT2D eigenvalue weighted by Gasteiger charge is 2.53. The molecule has 1 N–H and O–H groups in total. The van der Waals surface area contributed by atoms with Gasteiger partial charge in [0.1, 0.15) is 0 Å². The SMILES string of the molecule is CCCCC[C@@H]1O[C@H]([C@@H](O)/C=C/[Si](C)(C)C)C[C@@H]1O[Si](c1ccccc1)(c1ccccc1)C(C)(C)C. The highest BCUT2D eigenvalue weighted by atomic mass is 28.4. The van der Waals surface area contributed by atoms with Crippen LogP contribution in [0.4, 0.5) is 0 Å². The Labute approximate surface area is 222 Å². The molecule has 0 unspecified atom stereocenters. The van der Waals surface area contributed by atoms with E-state index in [9.17, 15) is 5.11 Å². The largest absolute Gasteiger partial charge is 0.402 e. The molecule has 0 radical (unpaired) electrons. The summed E-state index contributed by atoms with van der Waals surface area (Å²) in [6.45, 7) is 16.1. The molecule has 1 fully saturated rings. The third-order valence-electron chi connectivity index (χ3n) is 7.24. The van der Waals surface area contributed by atoms with E-state index in [0.29, 0.717) is 0 Å². The van der Waals surface area contributed by atoms with Crippen molar-refractivity contribution in [3.8, 4) is 0 Å². The summed E-state index contributed by atoms with van der Waals surface area (Å²) in [5, 5.41) is 13.6. The zero-order chi connectivity index (χ0) is 26.4. The van der Waals surface area contributed by atoms with Crippen LogP contribution in [0.15, 0.2) is 72.4 Å². The minimum Gasteiger partial charge on any atom is -0.402 e. The van der Waals surface area contributed by atoms with Crippen LogP contribution in [-0.2, 0) is 9.16 Å². The van der Waals surface area contributed by atoms with Crippen LogP contribution < -0.4 is 10.4 Å². The minimum absolute atomic E-state index is 0.00173. The van der Waals surface area contributed by atoms with E-state index in [1.807, 2.05) is 6.08 Å². The number of hydrogen-bond donors (Lipinski definition) is 1. The zero-order valence-corrected chi connectivity index (χ0v) is 25.5. The summed E-state index contributed by atoms with van der Waals surface area (Å²) in [4.78, 5) is 0. The quantitative estimate of drug-likeness (QED) is 0.271. The predicted molar refractivity (Wildman–Crippen MR) is 158 cm³/mol. The average Bonchev–Trinajstić information content (AvgIpc) is 3.23. The van der Waals surface area contributed by atoms with Gasteiger partial charge in [-0.2, -0.15) is 0 Å². The molecule has 36 heavy (non-hydrogen) atoms. The molecular weight excluding hydrogens is 477 g/mol. The van der Waals surface area contributed by atoms with E-state index >= 15 is 0 Å². The van der Waals surface area contributed by atoms with E-state index in [1.54, 1.807) is 0 Å². The van der Waals surface area contributed by atoms with E-state index in [-0.39, 0.29) is 23.4 Å². The summed E-state index contributed by atoms with van der Waals surface area (Å²) in [7, 11) is -4.09. The van der Waals surface area contributed by atoms with Gasteiger partial charge >= 0.3 is 0 Å². The second-order valence-electron chi connectivity index (χ2n) is 12.5. The summed E-state index contributed by atoms with van der Waals surface area (Å²) in [5.41, 5.74) is 2.23. The van der Waals surface area contributed by atoms with Crippen molar-refractivity contribution < 1.29 is 14.3 Å². The van der Waals surface area contributed by atoms with Crippen molar-refractivity contribution in [2.45, 2.75) is 109 Å². The Hall–Kier alpha value is -1.51. The first-order chi connectivity index (χ1) is 17.0. The van der Waals surface area contributed by atoms with E-state index in [0.717, 1.165) is 19.3 Å². The molecule has 0 bridgehead atoms. The molecule has 0 aromatic heterocycles. The second kappa shape index (κ2) is 12.4. The van der Waals surface area contributed by atoms with Crippen LogP contribution in [0, 0.1) is 0 Å². The Morgan fingerprint density at radius 1 is 0.972 bits per heavy atom. The van der Waals surface area contributed by atoms with Crippen molar-refractivity contribution in [1.82, 2.24) is 0 Å². The molecule has 1 heterocycles. The first-order valence-electron chi connectivity index (χ1n) is 13.8. The van der Waals surface area contributed by atoms with Crippen LogP contribution in [0.25, 0.3) is 0 Å². The lowest BCUT2D eigenvalue weighted by molar-refractivity contribution is -0.0311. The van der Waals surface area contributed by atoms with Gasteiger partial charge in [0.25, 0.3) is 8.32 Å². The maximum Gasteiger partial charge on any atom is 0.261 e. The van der Waals surface area contributed by atoms with Gasteiger partial charge in [-0.25, -0.2) is 0 Å². The Balaban J connectivity index is 2.01. The smallest absolute Gasteiger partial charge is 0.261 e. The predicted octanol–water partition coefficient (Wildman–Crippen LogP) is 6.46. The van der Waals surface area contributed by atoms with Crippen LogP contribution >= 0.6 is 0 Å². The Morgan fingerprint density at radius 2 is 1.53 bits per heavy atom.